The average molecular weight is 846 g/mol. The van der Waals surface area contributed by atoms with Gasteiger partial charge in [0, 0.05) is 20.4 Å². The minimum atomic E-state index is -0.173. The average Bonchev–Trinajstić information content (AvgIpc) is 3.14. The van der Waals surface area contributed by atoms with Crippen LogP contribution in [0.5, 0.6) is 0 Å². The largest absolute Gasteiger partial charge is 0.466 e. The van der Waals surface area contributed by atoms with Crippen molar-refractivity contribution in [3.05, 3.63) is 24.3 Å². The number of carbonyl (C=O) groups excluding carboxylic acids is 3. The summed E-state index contributed by atoms with van der Waals surface area (Å²) >= 11 is 0. The van der Waals surface area contributed by atoms with Crippen LogP contribution in [0.1, 0.15) is 247 Å². The molecule has 0 rings (SSSR count). The Balaban J connectivity index is 4.32. The fourth-order valence-electron chi connectivity index (χ4n) is 8.88. The highest BCUT2D eigenvalue weighted by Crippen LogP contribution is 2.37. The SMILES string of the molecule is CC(=O)OCCCCCCCC/C=C\CCCCCCCCC(CCCCCCCC/C=C\CCCCCCCCOC(C)=O)OC(=O)CC(C)(C)CC(C)(C)CN(C)C. The molecule has 0 radical (unpaired) electrons. The Bertz CT molecular complexity index is 1020. The molecule has 0 aromatic rings. The molecule has 0 N–H and O–H groups in total. The predicted molar refractivity (Wildman–Crippen MR) is 255 cm³/mol. The molecular weight excluding hydrogens is 747 g/mol. The maximum Gasteiger partial charge on any atom is 0.306 e. The fourth-order valence-corrected chi connectivity index (χ4v) is 8.88. The maximum absolute atomic E-state index is 13.3. The van der Waals surface area contributed by atoms with Gasteiger partial charge < -0.3 is 19.1 Å². The molecule has 0 spiro atoms. The van der Waals surface area contributed by atoms with Gasteiger partial charge in [-0.15, -0.1) is 0 Å². The number of hydrogen-bond acceptors (Lipinski definition) is 7. The van der Waals surface area contributed by atoms with Crippen LogP contribution in [-0.2, 0) is 28.6 Å². The molecule has 0 saturated heterocycles. The Morgan fingerprint density at radius 1 is 0.467 bits per heavy atom. The lowest BCUT2D eigenvalue weighted by atomic mass is 9.73. The second kappa shape index (κ2) is 39.7. The molecule has 60 heavy (non-hydrogen) atoms. The molecule has 0 aromatic carbocycles. The van der Waals surface area contributed by atoms with E-state index in [0.717, 1.165) is 64.3 Å². The van der Waals surface area contributed by atoms with Crippen LogP contribution in [0.15, 0.2) is 24.3 Å². The van der Waals surface area contributed by atoms with Crippen LogP contribution in [0, 0.1) is 10.8 Å². The van der Waals surface area contributed by atoms with E-state index in [9.17, 15) is 14.4 Å². The van der Waals surface area contributed by atoms with Crippen LogP contribution >= 0.6 is 0 Å². The first-order valence-corrected chi connectivity index (χ1v) is 25.1. The van der Waals surface area contributed by atoms with Crippen molar-refractivity contribution in [2.45, 2.75) is 253 Å². The summed E-state index contributed by atoms with van der Waals surface area (Å²) in [7, 11) is 4.25. The summed E-state index contributed by atoms with van der Waals surface area (Å²) in [6, 6.07) is 0. The second-order valence-electron chi connectivity index (χ2n) is 19.9. The van der Waals surface area contributed by atoms with Crippen LogP contribution < -0.4 is 0 Å². The third kappa shape index (κ3) is 43.9. The first-order chi connectivity index (χ1) is 28.7. The summed E-state index contributed by atoms with van der Waals surface area (Å²) < 4.78 is 16.3. The van der Waals surface area contributed by atoms with Crippen LogP contribution in [0.25, 0.3) is 0 Å². The number of rotatable bonds is 43. The number of ether oxygens (including phenoxy) is 3. The summed E-state index contributed by atoms with van der Waals surface area (Å²) in [6.07, 6.45) is 47.3. The Kier molecular flexibility index (Phi) is 38.3. The van der Waals surface area contributed by atoms with Crippen LogP contribution in [-0.4, -0.2) is 62.8 Å². The third-order valence-electron chi connectivity index (χ3n) is 11.4. The van der Waals surface area contributed by atoms with E-state index in [1.807, 2.05) is 0 Å². The molecule has 0 saturated carbocycles. The van der Waals surface area contributed by atoms with Gasteiger partial charge in [0.1, 0.15) is 6.10 Å². The minimum Gasteiger partial charge on any atom is -0.466 e. The predicted octanol–water partition coefficient (Wildman–Crippen LogP) is 15.2. The summed E-state index contributed by atoms with van der Waals surface area (Å²) in [5, 5.41) is 0. The highest BCUT2D eigenvalue weighted by molar-refractivity contribution is 5.70. The van der Waals surface area contributed by atoms with Gasteiger partial charge >= 0.3 is 17.9 Å². The molecular formula is C53H99NO6. The maximum atomic E-state index is 13.3. The van der Waals surface area contributed by atoms with Crippen LogP contribution in [0.4, 0.5) is 0 Å². The van der Waals surface area contributed by atoms with E-state index in [1.165, 1.54) is 155 Å². The van der Waals surface area contributed by atoms with Gasteiger partial charge in [0.25, 0.3) is 0 Å². The number of allylic oxidation sites excluding steroid dienone is 4. The fraction of sp³-hybridized carbons (Fsp3) is 0.868. The van der Waals surface area contributed by atoms with Gasteiger partial charge in [-0.25, -0.2) is 0 Å². The zero-order valence-electron chi connectivity index (χ0n) is 41.0. The van der Waals surface area contributed by atoms with Crippen molar-refractivity contribution in [1.29, 1.82) is 0 Å². The van der Waals surface area contributed by atoms with Crippen molar-refractivity contribution < 1.29 is 28.6 Å². The zero-order valence-corrected chi connectivity index (χ0v) is 41.0. The van der Waals surface area contributed by atoms with Crippen molar-refractivity contribution in [2.24, 2.45) is 10.8 Å². The molecule has 7 nitrogen and oxygen atoms in total. The molecule has 0 aromatic heterocycles. The molecule has 0 heterocycles. The number of nitrogens with zero attached hydrogens (tertiary/aromatic N) is 1. The van der Waals surface area contributed by atoms with Crippen molar-refractivity contribution in [2.75, 3.05) is 33.9 Å². The van der Waals surface area contributed by atoms with E-state index < -0.39 is 0 Å². The Morgan fingerprint density at radius 3 is 1.12 bits per heavy atom. The van der Waals surface area contributed by atoms with E-state index in [-0.39, 0.29) is 34.8 Å². The number of hydrogen-bond donors (Lipinski definition) is 0. The lowest BCUT2D eigenvalue weighted by molar-refractivity contribution is -0.152. The van der Waals surface area contributed by atoms with E-state index >= 15 is 0 Å². The number of esters is 3. The zero-order chi connectivity index (χ0) is 44.6. The quantitative estimate of drug-likeness (QED) is 0.0262. The molecule has 352 valence electrons. The molecule has 0 aliphatic rings. The van der Waals surface area contributed by atoms with Crippen LogP contribution in [0.2, 0.25) is 0 Å². The Morgan fingerprint density at radius 2 is 0.783 bits per heavy atom. The molecule has 0 unspecified atom stereocenters. The van der Waals surface area contributed by atoms with E-state index in [0.29, 0.717) is 19.6 Å². The van der Waals surface area contributed by atoms with Gasteiger partial charge in [0.05, 0.1) is 19.6 Å². The smallest absolute Gasteiger partial charge is 0.306 e. The monoisotopic (exact) mass is 846 g/mol. The topological polar surface area (TPSA) is 82.1 Å². The molecule has 0 bridgehead atoms. The molecule has 0 aliphatic carbocycles. The summed E-state index contributed by atoms with van der Waals surface area (Å²) in [5.74, 6) is -0.354. The van der Waals surface area contributed by atoms with Gasteiger partial charge in [0.2, 0.25) is 0 Å². The summed E-state index contributed by atoms with van der Waals surface area (Å²) in [5.41, 5.74) is 0.0563. The molecule has 0 aliphatic heterocycles. The van der Waals surface area contributed by atoms with Gasteiger partial charge in [-0.05, 0) is 121 Å². The van der Waals surface area contributed by atoms with E-state index in [4.69, 9.17) is 14.2 Å². The van der Waals surface area contributed by atoms with Gasteiger partial charge in [0.15, 0.2) is 0 Å². The third-order valence-corrected chi connectivity index (χ3v) is 11.4. The number of carbonyl (C=O) groups is 3. The van der Waals surface area contributed by atoms with Gasteiger partial charge in [-0.1, -0.05) is 155 Å². The van der Waals surface area contributed by atoms with Crippen molar-refractivity contribution in [3.63, 3.8) is 0 Å². The van der Waals surface area contributed by atoms with Crippen molar-refractivity contribution in [3.8, 4) is 0 Å². The lowest BCUT2D eigenvalue weighted by Gasteiger charge is -2.36. The second-order valence-corrected chi connectivity index (χ2v) is 19.9. The van der Waals surface area contributed by atoms with E-state index in [2.05, 4.69) is 71.0 Å². The van der Waals surface area contributed by atoms with Gasteiger partial charge in [-0.2, -0.15) is 0 Å². The molecule has 0 fully saturated rings. The highest BCUT2D eigenvalue weighted by atomic mass is 16.5. The minimum absolute atomic E-state index is 0.00670. The lowest BCUT2D eigenvalue weighted by Crippen LogP contribution is -2.34. The van der Waals surface area contributed by atoms with Crippen molar-refractivity contribution >= 4 is 17.9 Å². The molecule has 0 amide bonds. The molecule has 7 heteroatoms. The Hall–Kier alpha value is -2.15. The highest BCUT2D eigenvalue weighted by Gasteiger charge is 2.32. The van der Waals surface area contributed by atoms with Crippen LogP contribution in [0.3, 0.4) is 0 Å². The van der Waals surface area contributed by atoms with Gasteiger partial charge in [-0.3, -0.25) is 14.4 Å². The normalized spacial score (nSPS) is 12.4. The summed E-state index contributed by atoms with van der Waals surface area (Å²) in [6.45, 7) is 14.2. The molecule has 0 atom stereocenters. The first-order valence-electron chi connectivity index (χ1n) is 25.1. The number of unbranched alkanes of at least 4 members (excludes halogenated alkanes) is 24. The first kappa shape index (κ1) is 57.9. The Labute approximate surface area is 372 Å². The van der Waals surface area contributed by atoms with Crippen molar-refractivity contribution in [1.82, 2.24) is 4.90 Å². The summed E-state index contributed by atoms with van der Waals surface area (Å²) in [4.78, 5) is 37.2. The van der Waals surface area contributed by atoms with E-state index in [1.54, 1.807) is 0 Å². The standard InChI is InChI=1S/C53H99NO6/c1-48(55)58-43-39-35-31-27-23-19-15-11-9-13-17-21-25-29-33-37-41-50(60-51(57)45-52(3,4)46-53(5,6)47-54(7)8)42-38-34-30-26-22-18-14-10-12-16-20-24-28-32-36-40-44-59-49(2)56/h9-12,50H,13-47H2,1-8H3/b11-9-,12-10-.